The van der Waals surface area contributed by atoms with Crippen molar-refractivity contribution in [2.24, 2.45) is 0 Å². The second kappa shape index (κ2) is 7.75. The second-order valence-corrected chi connectivity index (χ2v) is 8.02. The van der Waals surface area contributed by atoms with E-state index in [1.807, 2.05) is 6.07 Å². The van der Waals surface area contributed by atoms with Crippen molar-refractivity contribution in [1.29, 1.82) is 0 Å². The van der Waals surface area contributed by atoms with Gasteiger partial charge in [-0.1, -0.05) is 91.0 Å². The van der Waals surface area contributed by atoms with Gasteiger partial charge in [0, 0.05) is 38.7 Å². The predicted octanol–water partition coefficient (Wildman–Crippen LogP) is 8.40. The van der Waals surface area contributed by atoms with E-state index in [1.54, 1.807) is 0 Å². The van der Waals surface area contributed by atoms with Gasteiger partial charge in [0.2, 0.25) is 0 Å². The number of H-pyrrole nitrogens is 1. The average Bonchev–Trinajstić information content (AvgIpc) is 3.24. The number of hydrogen-bond donors (Lipinski definition) is 2. The van der Waals surface area contributed by atoms with Gasteiger partial charge in [-0.15, -0.1) is 0 Å². The van der Waals surface area contributed by atoms with E-state index in [9.17, 15) is 0 Å². The van der Waals surface area contributed by atoms with Crippen LogP contribution in [0.5, 0.6) is 0 Å². The predicted molar refractivity (Wildman–Crippen MR) is 136 cm³/mol. The highest BCUT2D eigenvalue weighted by molar-refractivity contribution is 6.17. The van der Waals surface area contributed by atoms with E-state index in [0.29, 0.717) is 0 Å². The first-order valence-electron chi connectivity index (χ1n) is 10.9. The van der Waals surface area contributed by atoms with Crippen LogP contribution >= 0.6 is 0 Å². The molecule has 0 unspecified atom stereocenters. The fourth-order valence-electron chi connectivity index (χ4n) is 4.48. The Morgan fingerprint density at radius 1 is 0.469 bits per heavy atom. The Hall–Kier alpha value is -4.30. The Morgan fingerprint density at radius 3 is 1.84 bits per heavy atom. The van der Waals surface area contributed by atoms with E-state index in [0.717, 1.165) is 22.4 Å². The molecule has 5 aromatic carbocycles. The third kappa shape index (κ3) is 3.23. The topological polar surface area (TPSA) is 27.8 Å². The summed E-state index contributed by atoms with van der Waals surface area (Å²) in [6, 6.07) is 42.6. The third-order valence-corrected chi connectivity index (χ3v) is 6.00. The van der Waals surface area contributed by atoms with Crippen LogP contribution in [0.15, 0.2) is 121 Å². The van der Waals surface area contributed by atoms with Crippen LogP contribution in [0.2, 0.25) is 0 Å². The van der Waals surface area contributed by atoms with Crippen LogP contribution in [0.4, 0.5) is 11.4 Å². The summed E-state index contributed by atoms with van der Waals surface area (Å²) in [6.45, 7) is 0. The SMILES string of the molecule is c1ccc(-c2ccc(Nc3ccc4[nH]c5ccccc5c4c3-c3ccccc3)cc2)cc1. The molecule has 32 heavy (non-hydrogen) atoms. The molecule has 2 heteroatoms. The number of hydrogen-bond acceptors (Lipinski definition) is 1. The second-order valence-electron chi connectivity index (χ2n) is 8.02. The molecule has 0 aliphatic heterocycles. The van der Waals surface area contributed by atoms with E-state index in [-0.39, 0.29) is 0 Å². The van der Waals surface area contributed by atoms with Crippen molar-refractivity contribution in [1.82, 2.24) is 4.98 Å². The Kier molecular flexibility index (Phi) is 4.47. The fourth-order valence-corrected chi connectivity index (χ4v) is 4.48. The Balaban J connectivity index is 1.48. The van der Waals surface area contributed by atoms with Crippen molar-refractivity contribution in [3.63, 3.8) is 0 Å². The average molecular weight is 411 g/mol. The third-order valence-electron chi connectivity index (χ3n) is 6.00. The molecule has 6 aromatic rings. The van der Waals surface area contributed by atoms with Crippen LogP contribution in [0.1, 0.15) is 0 Å². The fraction of sp³-hybridized carbons (Fsp3) is 0. The number of aromatic amines is 1. The molecule has 6 rings (SSSR count). The molecule has 0 atom stereocenters. The first-order chi connectivity index (χ1) is 15.9. The molecule has 0 aliphatic rings. The van der Waals surface area contributed by atoms with E-state index in [4.69, 9.17) is 0 Å². The lowest BCUT2D eigenvalue weighted by Crippen LogP contribution is -1.94. The minimum Gasteiger partial charge on any atom is -0.355 e. The molecule has 0 spiro atoms. The Bertz CT molecular complexity index is 1510. The van der Waals surface area contributed by atoms with Gasteiger partial charge in [-0.05, 0) is 47.0 Å². The molecule has 0 radical (unpaired) electrons. The van der Waals surface area contributed by atoms with Gasteiger partial charge in [0.15, 0.2) is 0 Å². The van der Waals surface area contributed by atoms with Crippen LogP contribution in [-0.2, 0) is 0 Å². The van der Waals surface area contributed by atoms with Crippen molar-refractivity contribution in [3.05, 3.63) is 121 Å². The molecule has 2 nitrogen and oxygen atoms in total. The summed E-state index contributed by atoms with van der Waals surface area (Å²) >= 11 is 0. The number of fused-ring (bicyclic) bond motifs is 3. The molecule has 0 amide bonds. The lowest BCUT2D eigenvalue weighted by atomic mass is 9.97. The number of para-hydroxylation sites is 1. The van der Waals surface area contributed by atoms with Crippen molar-refractivity contribution < 1.29 is 0 Å². The quantitative estimate of drug-likeness (QED) is 0.300. The smallest absolute Gasteiger partial charge is 0.0472 e. The highest BCUT2D eigenvalue weighted by atomic mass is 14.9. The number of rotatable bonds is 4. The maximum Gasteiger partial charge on any atom is 0.0472 e. The highest BCUT2D eigenvalue weighted by Gasteiger charge is 2.15. The van der Waals surface area contributed by atoms with Crippen molar-refractivity contribution in [3.8, 4) is 22.3 Å². The van der Waals surface area contributed by atoms with E-state index in [1.165, 1.54) is 33.0 Å². The molecule has 0 saturated heterocycles. The van der Waals surface area contributed by atoms with E-state index in [2.05, 4.69) is 126 Å². The van der Waals surface area contributed by atoms with Gasteiger partial charge in [-0.3, -0.25) is 0 Å². The summed E-state index contributed by atoms with van der Waals surface area (Å²) in [5.74, 6) is 0. The molecular formula is C30H22N2. The summed E-state index contributed by atoms with van der Waals surface area (Å²) in [6.07, 6.45) is 0. The molecule has 152 valence electrons. The number of nitrogens with one attached hydrogen (secondary N) is 2. The molecule has 1 aromatic heterocycles. The van der Waals surface area contributed by atoms with Crippen molar-refractivity contribution in [2.45, 2.75) is 0 Å². The maximum absolute atomic E-state index is 3.68. The number of anilines is 2. The van der Waals surface area contributed by atoms with Gasteiger partial charge in [-0.2, -0.15) is 0 Å². The van der Waals surface area contributed by atoms with Crippen molar-refractivity contribution >= 4 is 33.2 Å². The van der Waals surface area contributed by atoms with Crippen molar-refractivity contribution in [2.75, 3.05) is 5.32 Å². The highest BCUT2D eigenvalue weighted by Crippen LogP contribution is 2.40. The van der Waals surface area contributed by atoms with Gasteiger partial charge in [0.25, 0.3) is 0 Å². The zero-order chi connectivity index (χ0) is 21.3. The van der Waals surface area contributed by atoms with Crippen LogP contribution < -0.4 is 5.32 Å². The largest absolute Gasteiger partial charge is 0.355 e. The van der Waals surface area contributed by atoms with Crippen LogP contribution in [0, 0.1) is 0 Å². The lowest BCUT2D eigenvalue weighted by Gasteiger charge is -2.15. The summed E-state index contributed by atoms with van der Waals surface area (Å²) in [7, 11) is 0. The first-order valence-corrected chi connectivity index (χ1v) is 10.9. The monoisotopic (exact) mass is 410 g/mol. The summed E-state index contributed by atoms with van der Waals surface area (Å²) in [5, 5.41) is 6.17. The summed E-state index contributed by atoms with van der Waals surface area (Å²) in [5.41, 5.74) is 9.33. The maximum atomic E-state index is 3.68. The zero-order valence-electron chi connectivity index (χ0n) is 17.5. The van der Waals surface area contributed by atoms with E-state index < -0.39 is 0 Å². The standard InChI is InChI=1S/C30H22N2/c1-3-9-21(10-4-1)22-15-17-24(18-16-22)31-27-19-20-28-30(25-13-7-8-14-26(25)32-28)29(27)23-11-5-2-6-12-23/h1-20,31-32H. The first kappa shape index (κ1) is 18.5. The van der Waals surface area contributed by atoms with Gasteiger partial charge >= 0.3 is 0 Å². The minimum atomic E-state index is 1.07. The molecule has 0 saturated carbocycles. The van der Waals surface area contributed by atoms with Crippen LogP contribution in [0.3, 0.4) is 0 Å². The molecule has 0 fully saturated rings. The van der Waals surface area contributed by atoms with Gasteiger partial charge < -0.3 is 10.3 Å². The van der Waals surface area contributed by atoms with Gasteiger partial charge in [0.1, 0.15) is 0 Å². The molecule has 0 aliphatic carbocycles. The molecule has 0 bridgehead atoms. The summed E-state index contributed by atoms with van der Waals surface area (Å²) < 4.78 is 0. The normalized spacial score (nSPS) is 11.1. The Labute approximate surface area is 187 Å². The lowest BCUT2D eigenvalue weighted by molar-refractivity contribution is 1.52. The minimum absolute atomic E-state index is 1.07. The molecular weight excluding hydrogens is 388 g/mol. The Morgan fingerprint density at radius 2 is 1.09 bits per heavy atom. The van der Waals surface area contributed by atoms with Gasteiger partial charge in [0.05, 0.1) is 0 Å². The van der Waals surface area contributed by atoms with E-state index >= 15 is 0 Å². The zero-order valence-corrected chi connectivity index (χ0v) is 17.5. The van der Waals surface area contributed by atoms with Crippen LogP contribution in [0.25, 0.3) is 44.1 Å². The number of benzene rings is 5. The van der Waals surface area contributed by atoms with Crippen LogP contribution in [-0.4, -0.2) is 4.98 Å². The summed E-state index contributed by atoms with van der Waals surface area (Å²) in [4.78, 5) is 3.58. The molecule has 1 heterocycles. The molecule has 2 N–H and O–H groups in total. The number of aromatic nitrogens is 1. The van der Waals surface area contributed by atoms with Gasteiger partial charge in [-0.25, -0.2) is 0 Å².